The second-order valence-corrected chi connectivity index (χ2v) is 9.52. The number of benzene rings is 1. The molecule has 4 heterocycles. The third-order valence-electron chi connectivity index (χ3n) is 6.49. The predicted molar refractivity (Wildman–Crippen MR) is 144 cm³/mol. The zero-order valence-electron chi connectivity index (χ0n) is 22.1. The van der Waals surface area contributed by atoms with E-state index in [1.54, 1.807) is 32.6 Å². The molecule has 5 rings (SSSR count). The fraction of sp³-hybridized carbons (Fsp3) is 0.214. The van der Waals surface area contributed by atoms with E-state index in [0.29, 0.717) is 16.8 Å². The molecular weight excluding hydrogens is 536 g/mol. The van der Waals surface area contributed by atoms with Crippen LogP contribution in [0.2, 0.25) is 0 Å². The number of hydrogen-bond donors (Lipinski definition) is 2. The SMILES string of the molecule is CN(C)C(=O)CC[C@@H](NC(=O)c1cccn(Cc2ccc(F)c(F)c2)c1=O)c1noc(-c2c[nH]c3ncccc23)n1. The van der Waals surface area contributed by atoms with Gasteiger partial charge in [-0.2, -0.15) is 4.98 Å². The molecule has 0 aliphatic heterocycles. The second-order valence-electron chi connectivity index (χ2n) is 9.52. The lowest BCUT2D eigenvalue weighted by Gasteiger charge is -2.17. The summed E-state index contributed by atoms with van der Waals surface area (Å²) in [5.74, 6) is -2.63. The lowest BCUT2D eigenvalue weighted by atomic mass is 10.1. The summed E-state index contributed by atoms with van der Waals surface area (Å²) in [5, 5.41) is 7.56. The summed E-state index contributed by atoms with van der Waals surface area (Å²) in [4.78, 5) is 51.9. The highest BCUT2D eigenvalue weighted by Gasteiger charge is 2.25. The standard InChI is InChI=1S/C28H25F2N7O4/c1-36(2)23(38)10-9-22(25-34-27(41-35-25)19-14-32-24-17(19)5-3-11-31-24)33-26(39)18-6-4-12-37(28(18)40)15-16-7-8-20(29)21(30)13-16/h3-8,11-14,22H,9-10,15H2,1-2H3,(H,31,32)(H,33,39)/t22-/m1/s1. The molecule has 0 unspecified atom stereocenters. The molecule has 1 atom stereocenters. The van der Waals surface area contributed by atoms with Crippen LogP contribution in [-0.4, -0.2) is 55.5 Å². The Morgan fingerprint density at radius 1 is 1.15 bits per heavy atom. The number of H-pyrrole nitrogens is 1. The van der Waals surface area contributed by atoms with Crippen LogP contribution in [0.4, 0.5) is 8.78 Å². The number of carbonyl (C=O) groups excluding carboxylic acids is 2. The molecule has 210 valence electrons. The molecule has 0 spiro atoms. The molecule has 0 saturated carbocycles. The highest BCUT2D eigenvalue weighted by atomic mass is 19.2. The maximum atomic E-state index is 13.7. The first kappa shape index (κ1) is 27.4. The molecule has 11 nitrogen and oxygen atoms in total. The number of rotatable bonds is 9. The summed E-state index contributed by atoms with van der Waals surface area (Å²) in [5.41, 5.74) is 0.760. The number of fused-ring (bicyclic) bond motifs is 1. The van der Waals surface area contributed by atoms with Crippen molar-refractivity contribution in [3.8, 4) is 11.5 Å². The van der Waals surface area contributed by atoms with Crippen molar-refractivity contribution in [2.75, 3.05) is 14.1 Å². The molecule has 0 bridgehead atoms. The van der Waals surface area contributed by atoms with Crippen molar-refractivity contribution in [3.63, 3.8) is 0 Å². The molecule has 4 aromatic heterocycles. The van der Waals surface area contributed by atoms with Crippen molar-refractivity contribution in [3.05, 3.63) is 100.0 Å². The van der Waals surface area contributed by atoms with Gasteiger partial charge in [-0.15, -0.1) is 0 Å². The molecule has 0 aliphatic rings. The Morgan fingerprint density at radius 2 is 1.98 bits per heavy atom. The fourth-order valence-corrected chi connectivity index (χ4v) is 4.28. The normalized spacial score (nSPS) is 11.9. The first-order chi connectivity index (χ1) is 19.7. The van der Waals surface area contributed by atoms with Crippen LogP contribution in [0.15, 0.2) is 70.4 Å². The van der Waals surface area contributed by atoms with E-state index in [2.05, 4.69) is 25.4 Å². The average Bonchev–Trinajstić information content (AvgIpc) is 3.61. The van der Waals surface area contributed by atoms with Crippen molar-refractivity contribution < 1.29 is 22.9 Å². The number of nitrogens with zero attached hydrogens (tertiary/aromatic N) is 5. The molecule has 0 radical (unpaired) electrons. The summed E-state index contributed by atoms with van der Waals surface area (Å²) >= 11 is 0. The second kappa shape index (κ2) is 11.5. The van der Waals surface area contributed by atoms with Gasteiger partial charge in [0.25, 0.3) is 17.4 Å². The van der Waals surface area contributed by atoms with Crippen LogP contribution in [-0.2, 0) is 11.3 Å². The minimum Gasteiger partial charge on any atom is -0.349 e. The average molecular weight is 562 g/mol. The van der Waals surface area contributed by atoms with Gasteiger partial charge in [0, 0.05) is 44.5 Å². The van der Waals surface area contributed by atoms with E-state index < -0.39 is 29.1 Å². The molecule has 41 heavy (non-hydrogen) atoms. The Labute approximate surface area is 231 Å². The number of halogens is 2. The number of aromatic amines is 1. The molecule has 2 N–H and O–H groups in total. The van der Waals surface area contributed by atoms with Gasteiger partial charge < -0.3 is 24.3 Å². The van der Waals surface area contributed by atoms with Gasteiger partial charge in [0.15, 0.2) is 17.5 Å². The van der Waals surface area contributed by atoms with Gasteiger partial charge in [0.05, 0.1) is 18.2 Å². The highest BCUT2D eigenvalue weighted by molar-refractivity contribution is 5.94. The first-order valence-electron chi connectivity index (χ1n) is 12.6. The van der Waals surface area contributed by atoms with E-state index in [0.717, 1.165) is 17.5 Å². The smallest absolute Gasteiger partial charge is 0.263 e. The van der Waals surface area contributed by atoms with Crippen molar-refractivity contribution in [2.24, 2.45) is 0 Å². The lowest BCUT2D eigenvalue weighted by Crippen LogP contribution is -2.36. The number of amides is 2. The Balaban J connectivity index is 1.41. The number of carbonyl (C=O) groups is 2. The van der Waals surface area contributed by atoms with Crippen LogP contribution in [0.1, 0.15) is 40.6 Å². The van der Waals surface area contributed by atoms with Gasteiger partial charge in [-0.05, 0) is 48.4 Å². The minimum atomic E-state index is -1.04. The van der Waals surface area contributed by atoms with E-state index in [1.807, 2.05) is 6.07 Å². The molecule has 2 amide bonds. The van der Waals surface area contributed by atoms with Crippen molar-refractivity contribution >= 4 is 22.8 Å². The summed E-state index contributed by atoms with van der Waals surface area (Å²) in [6.45, 7) is -0.0778. The van der Waals surface area contributed by atoms with Crippen LogP contribution in [0, 0.1) is 11.6 Å². The number of nitrogens with one attached hydrogen (secondary N) is 2. The Morgan fingerprint density at radius 3 is 2.76 bits per heavy atom. The van der Waals surface area contributed by atoms with Gasteiger partial charge in [-0.3, -0.25) is 14.4 Å². The first-order valence-corrected chi connectivity index (χ1v) is 12.6. The summed E-state index contributed by atoms with van der Waals surface area (Å²) in [7, 11) is 3.24. The van der Waals surface area contributed by atoms with Crippen LogP contribution < -0.4 is 10.9 Å². The molecular formula is C28H25F2N7O4. The maximum Gasteiger partial charge on any atom is 0.263 e. The van der Waals surface area contributed by atoms with Crippen molar-refractivity contribution in [2.45, 2.75) is 25.4 Å². The molecule has 13 heteroatoms. The third kappa shape index (κ3) is 5.88. The molecule has 0 fully saturated rings. The van der Waals surface area contributed by atoms with Crippen LogP contribution in [0.25, 0.3) is 22.5 Å². The predicted octanol–water partition coefficient (Wildman–Crippen LogP) is 3.44. The highest BCUT2D eigenvalue weighted by Crippen LogP contribution is 2.28. The van der Waals surface area contributed by atoms with E-state index in [-0.39, 0.29) is 42.6 Å². The minimum absolute atomic E-state index is 0.0635. The third-order valence-corrected chi connectivity index (χ3v) is 6.49. The molecule has 5 aromatic rings. The number of aromatic nitrogens is 5. The lowest BCUT2D eigenvalue weighted by molar-refractivity contribution is -0.128. The quantitative estimate of drug-likeness (QED) is 0.281. The van der Waals surface area contributed by atoms with Gasteiger partial charge in [-0.25, -0.2) is 13.8 Å². The number of hydrogen-bond acceptors (Lipinski definition) is 7. The largest absolute Gasteiger partial charge is 0.349 e. The van der Waals surface area contributed by atoms with Gasteiger partial charge in [-0.1, -0.05) is 11.2 Å². The molecule has 1 aromatic carbocycles. The molecule has 0 aliphatic carbocycles. The molecule has 0 saturated heterocycles. The van der Waals surface area contributed by atoms with Gasteiger partial charge in [0.2, 0.25) is 5.91 Å². The van der Waals surface area contributed by atoms with E-state index >= 15 is 0 Å². The monoisotopic (exact) mass is 561 g/mol. The number of pyridine rings is 2. The van der Waals surface area contributed by atoms with Crippen LogP contribution >= 0.6 is 0 Å². The van der Waals surface area contributed by atoms with Gasteiger partial charge >= 0.3 is 0 Å². The summed E-state index contributed by atoms with van der Waals surface area (Å²) in [6.07, 6.45) is 4.96. The van der Waals surface area contributed by atoms with Gasteiger partial charge in [0.1, 0.15) is 11.2 Å². The van der Waals surface area contributed by atoms with E-state index in [4.69, 9.17) is 4.52 Å². The van der Waals surface area contributed by atoms with E-state index in [9.17, 15) is 23.2 Å². The zero-order chi connectivity index (χ0) is 29.1. The van der Waals surface area contributed by atoms with E-state index in [1.165, 1.54) is 33.9 Å². The van der Waals surface area contributed by atoms with Crippen molar-refractivity contribution in [1.82, 2.24) is 34.9 Å². The Kier molecular flexibility index (Phi) is 7.68. The topological polar surface area (TPSA) is 139 Å². The van der Waals surface area contributed by atoms with Crippen LogP contribution in [0.5, 0.6) is 0 Å². The summed E-state index contributed by atoms with van der Waals surface area (Å²) < 4.78 is 33.7. The van der Waals surface area contributed by atoms with Crippen molar-refractivity contribution in [1.29, 1.82) is 0 Å². The zero-order valence-corrected chi connectivity index (χ0v) is 22.1. The fourth-order valence-electron chi connectivity index (χ4n) is 4.28. The van der Waals surface area contributed by atoms with Crippen LogP contribution in [0.3, 0.4) is 0 Å². The maximum absolute atomic E-state index is 13.7. The Hall–Kier alpha value is -5.20. The Bertz CT molecular complexity index is 1790. The summed E-state index contributed by atoms with van der Waals surface area (Å²) in [6, 6.07) is 8.90.